The summed E-state index contributed by atoms with van der Waals surface area (Å²) in [5, 5.41) is 1.58. The maximum atomic E-state index is 11.1. The van der Waals surface area contributed by atoms with E-state index in [-0.39, 0.29) is 11.7 Å². The summed E-state index contributed by atoms with van der Waals surface area (Å²) in [5.74, 6) is -0.0668. The van der Waals surface area contributed by atoms with E-state index in [1.807, 2.05) is 6.07 Å². The van der Waals surface area contributed by atoms with Crippen molar-refractivity contribution >= 4 is 34.3 Å². The Hall–Kier alpha value is -1.82. The van der Waals surface area contributed by atoms with Gasteiger partial charge in [0.05, 0.1) is 18.4 Å². The molecule has 0 fully saturated rings. The van der Waals surface area contributed by atoms with Crippen LogP contribution in [0.3, 0.4) is 0 Å². The third kappa shape index (κ3) is 2.65. The molecule has 0 aliphatic carbocycles. The number of methoxy groups -OCH3 is 1. The minimum atomic E-state index is -0.286. The number of carbonyl (C=O) groups is 1. The van der Waals surface area contributed by atoms with Crippen molar-refractivity contribution in [1.82, 2.24) is 9.97 Å². The van der Waals surface area contributed by atoms with Gasteiger partial charge in [-0.2, -0.15) is 0 Å². The number of thioether (sulfide) groups is 1. The van der Waals surface area contributed by atoms with Crippen LogP contribution in [0.15, 0.2) is 29.6 Å². The number of anilines is 1. The molecule has 88 valence electrons. The quantitative estimate of drug-likeness (QED) is 0.384. The first-order valence-electron chi connectivity index (χ1n) is 4.90. The van der Waals surface area contributed by atoms with Crippen molar-refractivity contribution in [3.63, 3.8) is 0 Å². The van der Waals surface area contributed by atoms with Gasteiger partial charge in [0.1, 0.15) is 11.4 Å². The van der Waals surface area contributed by atoms with Crippen molar-refractivity contribution in [3.05, 3.63) is 24.5 Å². The monoisotopic (exact) mass is 249 g/mol. The summed E-state index contributed by atoms with van der Waals surface area (Å²) in [6, 6.07) is 5.41. The number of fused-ring (bicyclic) bond motifs is 1. The highest BCUT2D eigenvalue weighted by Gasteiger charge is 2.07. The number of benzene rings is 1. The van der Waals surface area contributed by atoms with Crippen LogP contribution in [-0.4, -0.2) is 28.8 Å². The Kier molecular flexibility index (Phi) is 3.43. The van der Waals surface area contributed by atoms with Gasteiger partial charge in [0.25, 0.3) is 0 Å². The maximum absolute atomic E-state index is 11.1. The van der Waals surface area contributed by atoms with Gasteiger partial charge in [0.15, 0.2) is 0 Å². The van der Waals surface area contributed by atoms with Gasteiger partial charge in [-0.3, -0.25) is 4.79 Å². The van der Waals surface area contributed by atoms with E-state index >= 15 is 0 Å². The van der Waals surface area contributed by atoms with Crippen molar-refractivity contribution in [3.8, 4) is 0 Å². The van der Waals surface area contributed by atoms with Gasteiger partial charge in [-0.05, 0) is 18.2 Å². The number of rotatable bonds is 3. The number of hydrogen-bond acceptors (Lipinski definition) is 6. The molecule has 2 rings (SSSR count). The summed E-state index contributed by atoms with van der Waals surface area (Å²) in [5.41, 5.74) is 7.17. The van der Waals surface area contributed by atoms with Crippen LogP contribution < -0.4 is 5.73 Å². The van der Waals surface area contributed by atoms with Gasteiger partial charge in [0, 0.05) is 11.1 Å². The number of hydrogen-bond donors (Lipinski definition) is 1. The minimum absolute atomic E-state index is 0.220. The number of carbonyl (C=O) groups excluding carboxylic acids is 1. The summed E-state index contributed by atoms with van der Waals surface area (Å²) in [7, 11) is 1.36. The zero-order chi connectivity index (χ0) is 12.3. The summed E-state index contributed by atoms with van der Waals surface area (Å²) in [6.07, 6.45) is 1.47. The van der Waals surface area contributed by atoms with Crippen LogP contribution in [0, 0.1) is 0 Å². The number of ether oxygens (including phenoxy) is 1. The molecule has 0 aliphatic rings. The largest absolute Gasteiger partial charge is 0.468 e. The number of esters is 1. The second kappa shape index (κ2) is 5.01. The maximum Gasteiger partial charge on any atom is 0.316 e. The van der Waals surface area contributed by atoms with E-state index in [1.54, 1.807) is 12.1 Å². The molecule has 0 unspecified atom stereocenters. The first-order chi connectivity index (χ1) is 8.20. The first-order valence-corrected chi connectivity index (χ1v) is 5.89. The molecule has 2 aromatic rings. The molecular formula is C11H11N3O2S. The average molecular weight is 249 g/mol. The van der Waals surface area contributed by atoms with Crippen LogP contribution >= 0.6 is 11.8 Å². The van der Waals surface area contributed by atoms with Crippen molar-refractivity contribution < 1.29 is 9.53 Å². The van der Waals surface area contributed by atoms with Crippen molar-refractivity contribution in [2.75, 3.05) is 18.6 Å². The lowest BCUT2D eigenvalue weighted by Crippen LogP contribution is -2.03. The van der Waals surface area contributed by atoms with Gasteiger partial charge in [-0.25, -0.2) is 9.97 Å². The standard InChI is InChI=1S/C11H11N3O2S/c1-16-10(15)5-17-11-8-4-7(12)2-3-9(8)13-6-14-11/h2-4,6H,5,12H2,1H3. The fraction of sp³-hybridized carbons (Fsp3) is 0.182. The van der Waals surface area contributed by atoms with E-state index in [4.69, 9.17) is 5.73 Å². The highest BCUT2D eigenvalue weighted by molar-refractivity contribution is 8.00. The van der Waals surface area contributed by atoms with Crippen LogP contribution in [0.2, 0.25) is 0 Å². The second-order valence-corrected chi connectivity index (χ2v) is 4.28. The van der Waals surface area contributed by atoms with E-state index in [0.717, 1.165) is 15.9 Å². The van der Waals surface area contributed by atoms with Gasteiger partial charge in [-0.1, -0.05) is 11.8 Å². The lowest BCUT2D eigenvalue weighted by Gasteiger charge is -2.04. The summed E-state index contributed by atoms with van der Waals surface area (Å²) >= 11 is 1.31. The molecule has 5 nitrogen and oxygen atoms in total. The molecule has 1 heterocycles. The number of nitrogens with two attached hydrogens (primary N) is 1. The van der Waals surface area contributed by atoms with Crippen LogP contribution in [0.4, 0.5) is 5.69 Å². The van der Waals surface area contributed by atoms with Gasteiger partial charge >= 0.3 is 5.97 Å². The lowest BCUT2D eigenvalue weighted by atomic mass is 10.2. The van der Waals surface area contributed by atoms with E-state index in [9.17, 15) is 4.79 Å². The van der Waals surface area contributed by atoms with Crippen LogP contribution in [0.1, 0.15) is 0 Å². The highest BCUT2D eigenvalue weighted by atomic mass is 32.2. The van der Waals surface area contributed by atoms with E-state index in [0.29, 0.717) is 5.69 Å². The van der Waals surface area contributed by atoms with E-state index < -0.39 is 0 Å². The third-order valence-electron chi connectivity index (χ3n) is 2.18. The van der Waals surface area contributed by atoms with Gasteiger partial charge in [-0.15, -0.1) is 0 Å². The topological polar surface area (TPSA) is 78.1 Å². The number of nitrogen functional groups attached to an aromatic ring is 1. The lowest BCUT2D eigenvalue weighted by molar-refractivity contribution is -0.137. The molecule has 0 atom stereocenters. The summed E-state index contributed by atoms with van der Waals surface area (Å²) < 4.78 is 4.58. The molecule has 2 N–H and O–H groups in total. The molecule has 0 aliphatic heterocycles. The molecule has 1 aromatic heterocycles. The molecule has 0 saturated heterocycles. The summed E-state index contributed by atoms with van der Waals surface area (Å²) in [6.45, 7) is 0. The highest BCUT2D eigenvalue weighted by Crippen LogP contribution is 2.25. The Morgan fingerprint density at radius 3 is 3.06 bits per heavy atom. The fourth-order valence-electron chi connectivity index (χ4n) is 1.35. The number of nitrogens with zero attached hydrogens (tertiary/aromatic N) is 2. The Morgan fingerprint density at radius 1 is 1.47 bits per heavy atom. The van der Waals surface area contributed by atoms with Gasteiger partial charge < -0.3 is 10.5 Å². The molecule has 0 radical (unpaired) electrons. The average Bonchev–Trinajstić information content (AvgIpc) is 2.35. The SMILES string of the molecule is COC(=O)CSc1ncnc2ccc(N)cc12. The molecule has 0 bridgehead atoms. The normalized spacial score (nSPS) is 10.4. The first kappa shape index (κ1) is 11.7. The van der Waals surface area contributed by atoms with Crippen molar-refractivity contribution in [2.24, 2.45) is 0 Å². The molecular weight excluding hydrogens is 238 g/mol. The Bertz CT molecular complexity index is 559. The van der Waals surface area contributed by atoms with Gasteiger partial charge in [0.2, 0.25) is 0 Å². The molecule has 6 heteroatoms. The van der Waals surface area contributed by atoms with Crippen LogP contribution in [0.5, 0.6) is 0 Å². The third-order valence-corrected chi connectivity index (χ3v) is 3.16. The van der Waals surface area contributed by atoms with Crippen LogP contribution in [0.25, 0.3) is 10.9 Å². The van der Waals surface area contributed by atoms with E-state index in [1.165, 1.54) is 25.2 Å². The Balaban J connectivity index is 2.33. The van der Waals surface area contributed by atoms with Crippen LogP contribution in [-0.2, 0) is 9.53 Å². The predicted molar refractivity (Wildman–Crippen MR) is 66.7 cm³/mol. The summed E-state index contributed by atoms with van der Waals surface area (Å²) in [4.78, 5) is 19.4. The zero-order valence-electron chi connectivity index (χ0n) is 9.21. The predicted octanol–water partition coefficient (Wildman–Crippen LogP) is 1.48. The van der Waals surface area contributed by atoms with Crippen molar-refractivity contribution in [2.45, 2.75) is 5.03 Å². The number of aromatic nitrogens is 2. The Labute approximate surface area is 102 Å². The fourth-order valence-corrected chi connectivity index (χ4v) is 2.16. The molecule has 0 saturated carbocycles. The zero-order valence-corrected chi connectivity index (χ0v) is 10.0. The van der Waals surface area contributed by atoms with E-state index in [2.05, 4.69) is 14.7 Å². The second-order valence-electron chi connectivity index (χ2n) is 3.32. The molecule has 0 amide bonds. The van der Waals surface area contributed by atoms with Crippen molar-refractivity contribution in [1.29, 1.82) is 0 Å². The molecule has 1 aromatic carbocycles. The molecule has 0 spiro atoms. The molecule has 17 heavy (non-hydrogen) atoms. The minimum Gasteiger partial charge on any atom is -0.468 e. The Morgan fingerprint density at radius 2 is 2.29 bits per heavy atom. The smallest absolute Gasteiger partial charge is 0.316 e.